The molecule has 2 aliphatic heterocycles. The summed E-state index contributed by atoms with van der Waals surface area (Å²) in [6.45, 7) is 10.5. The molecule has 0 bridgehead atoms. The maximum absolute atomic E-state index is 12.9. The number of hydrogen-bond donors (Lipinski definition) is 0. The predicted octanol–water partition coefficient (Wildman–Crippen LogP) is 8.19. The Hall–Kier alpha value is -3.72. The monoisotopic (exact) mass is 618 g/mol. The topological polar surface area (TPSA) is 96.1 Å². The number of epoxide rings is 2. The molecule has 0 aromatic heterocycles. The normalized spacial score (nSPS) is 17.8. The molecule has 0 N–H and O–H groups in total. The molecular weight excluding hydrogens is 572 g/mol. The lowest BCUT2D eigenvalue weighted by Crippen LogP contribution is -2.23. The summed E-state index contributed by atoms with van der Waals surface area (Å²) in [4.78, 5) is 20.9. The van der Waals surface area contributed by atoms with Gasteiger partial charge in [-0.2, -0.15) is 0 Å². The van der Waals surface area contributed by atoms with Crippen LogP contribution < -0.4 is 14.2 Å². The van der Waals surface area contributed by atoms with Gasteiger partial charge in [-0.05, 0) is 91.9 Å². The van der Waals surface area contributed by atoms with Gasteiger partial charge in [0.2, 0.25) is 0 Å². The summed E-state index contributed by atoms with van der Waals surface area (Å²) in [5.74, 6) is 2.25. The number of ether oxygens (including phenoxy) is 6. The van der Waals surface area contributed by atoms with Crippen LogP contribution in [0.15, 0.2) is 66.7 Å². The van der Waals surface area contributed by atoms with E-state index in [1.165, 1.54) is 12.8 Å². The number of hydrogen-bond acceptors (Lipinski definition) is 8. The Bertz CT molecular complexity index is 1320. The zero-order valence-corrected chi connectivity index (χ0v) is 26.7. The molecule has 242 valence electrons. The second-order valence-corrected chi connectivity index (χ2v) is 11.4. The molecule has 2 heterocycles. The van der Waals surface area contributed by atoms with E-state index < -0.39 is 5.97 Å². The molecule has 0 spiro atoms. The van der Waals surface area contributed by atoms with Crippen LogP contribution in [0.3, 0.4) is 0 Å². The zero-order chi connectivity index (χ0) is 32.0. The molecule has 2 fully saturated rings. The number of rotatable bonds is 18. The van der Waals surface area contributed by atoms with Gasteiger partial charge < -0.3 is 33.2 Å². The molecule has 0 amide bonds. The highest BCUT2D eigenvalue weighted by atomic mass is 16.6. The highest BCUT2D eigenvalue weighted by molar-refractivity contribution is 5.91. The Kier molecular flexibility index (Phi) is 13.4. The fourth-order valence-corrected chi connectivity index (χ4v) is 5.06. The Morgan fingerprint density at radius 1 is 0.822 bits per heavy atom. The van der Waals surface area contributed by atoms with Gasteiger partial charge in [0.15, 0.2) is 0 Å². The molecular formula is C37H46O8. The van der Waals surface area contributed by atoms with Crippen LogP contribution in [-0.2, 0) is 19.0 Å². The van der Waals surface area contributed by atoms with Crippen molar-refractivity contribution in [1.82, 2.24) is 0 Å². The minimum atomic E-state index is -0.414. The van der Waals surface area contributed by atoms with Crippen LogP contribution in [0.1, 0.15) is 86.4 Å². The third-order valence-corrected chi connectivity index (χ3v) is 7.78. The molecule has 3 aromatic carbocycles. The number of carbonyl (C=O) groups is 2. The maximum atomic E-state index is 12.9. The summed E-state index contributed by atoms with van der Waals surface area (Å²) in [7, 11) is 0. The molecule has 8 heteroatoms. The van der Waals surface area contributed by atoms with E-state index in [1.807, 2.05) is 56.2 Å². The number of aryl methyl sites for hydroxylation is 1. The Morgan fingerprint density at radius 3 is 2.07 bits per heavy atom. The van der Waals surface area contributed by atoms with E-state index >= 15 is 0 Å². The van der Waals surface area contributed by atoms with Gasteiger partial charge in [-0.3, -0.25) is 0 Å². The van der Waals surface area contributed by atoms with E-state index in [0.29, 0.717) is 36.0 Å². The quantitative estimate of drug-likeness (QED) is 0.0609. The van der Waals surface area contributed by atoms with E-state index in [-0.39, 0.29) is 24.4 Å². The number of carbonyl (C=O) groups excluding carboxylic acids is 2. The molecule has 0 radical (unpaired) electrons. The Labute approximate surface area is 266 Å². The molecule has 0 saturated carbocycles. The first-order valence-corrected chi connectivity index (χ1v) is 16.0. The zero-order valence-electron chi connectivity index (χ0n) is 26.7. The second kappa shape index (κ2) is 17.7. The van der Waals surface area contributed by atoms with Gasteiger partial charge in [-0.25, -0.2) is 4.79 Å². The number of esters is 1. The molecule has 2 saturated heterocycles. The van der Waals surface area contributed by atoms with Gasteiger partial charge in [0.25, 0.3) is 0 Å². The van der Waals surface area contributed by atoms with E-state index in [0.717, 1.165) is 55.6 Å². The van der Waals surface area contributed by atoms with E-state index in [2.05, 4.69) is 13.8 Å². The Morgan fingerprint density at radius 2 is 1.44 bits per heavy atom. The summed E-state index contributed by atoms with van der Waals surface area (Å²) < 4.78 is 35.1. The predicted molar refractivity (Wildman–Crippen MR) is 172 cm³/mol. The van der Waals surface area contributed by atoms with E-state index in [9.17, 15) is 4.79 Å². The SMILES string of the molecule is C=O.CCCCCOC(c1ccc(C(=O)Oc2ccc(Oc3ccc(OC(CCCCC)C4CO4)cc3)c(C)c2)cc1)C1CO1. The molecule has 5 rings (SSSR count). The van der Waals surface area contributed by atoms with Gasteiger partial charge in [-0.15, -0.1) is 0 Å². The molecule has 3 aromatic rings. The third-order valence-electron chi connectivity index (χ3n) is 7.78. The summed E-state index contributed by atoms with van der Waals surface area (Å²) in [5, 5.41) is 0. The molecule has 2 aliphatic rings. The smallest absolute Gasteiger partial charge is 0.343 e. The first kappa shape index (κ1) is 34.2. The molecule has 0 aliphatic carbocycles. The average Bonchev–Trinajstić information content (AvgIpc) is 3.99. The summed E-state index contributed by atoms with van der Waals surface area (Å²) in [5.41, 5.74) is 2.35. The van der Waals surface area contributed by atoms with Crippen LogP contribution in [-0.4, -0.2) is 50.9 Å². The van der Waals surface area contributed by atoms with Crippen LogP contribution in [0.25, 0.3) is 0 Å². The molecule has 4 atom stereocenters. The van der Waals surface area contributed by atoms with Crippen molar-refractivity contribution in [3.05, 3.63) is 83.4 Å². The summed E-state index contributed by atoms with van der Waals surface area (Å²) in [6, 6.07) is 20.4. The van der Waals surface area contributed by atoms with Crippen LogP contribution in [0.4, 0.5) is 0 Å². The van der Waals surface area contributed by atoms with Crippen LogP contribution in [0.2, 0.25) is 0 Å². The summed E-state index contributed by atoms with van der Waals surface area (Å²) >= 11 is 0. The lowest BCUT2D eigenvalue weighted by Gasteiger charge is -2.17. The lowest BCUT2D eigenvalue weighted by molar-refractivity contribution is -0.0980. The van der Waals surface area contributed by atoms with Crippen molar-refractivity contribution in [2.24, 2.45) is 0 Å². The lowest BCUT2D eigenvalue weighted by atomic mass is 10.0. The van der Waals surface area contributed by atoms with Crippen molar-refractivity contribution in [2.45, 2.75) is 90.1 Å². The first-order chi connectivity index (χ1) is 22.0. The Balaban J connectivity index is 0.00000226. The van der Waals surface area contributed by atoms with E-state index in [1.54, 1.807) is 24.3 Å². The number of benzene rings is 3. The largest absolute Gasteiger partial charge is 0.488 e. The van der Waals surface area contributed by atoms with Crippen molar-refractivity contribution in [3.63, 3.8) is 0 Å². The van der Waals surface area contributed by atoms with Gasteiger partial charge in [0, 0.05) is 6.61 Å². The van der Waals surface area contributed by atoms with Gasteiger partial charge in [-0.1, -0.05) is 51.7 Å². The minimum absolute atomic E-state index is 0.0875. The maximum Gasteiger partial charge on any atom is 0.343 e. The molecule has 4 unspecified atom stereocenters. The highest BCUT2D eigenvalue weighted by Crippen LogP contribution is 2.33. The fourth-order valence-electron chi connectivity index (χ4n) is 5.06. The minimum Gasteiger partial charge on any atom is -0.488 e. The van der Waals surface area contributed by atoms with Crippen molar-refractivity contribution >= 4 is 12.8 Å². The van der Waals surface area contributed by atoms with Crippen molar-refractivity contribution in [3.8, 4) is 23.0 Å². The van der Waals surface area contributed by atoms with Gasteiger partial charge in [0.05, 0.1) is 18.8 Å². The highest BCUT2D eigenvalue weighted by Gasteiger charge is 2.35. The fraction of sp³-hybridized carbons (Fsp3) is 0.459. The third kappa shape index (κ3) is 10.7. The van der Waals surface area contributed by atoms with Crippen LogP contribution in [0.5, 0.6) is 23.0 Å². The number of unbranched alkanes of at least 4 members (excludes halogenated alkanes) is 4. The standard InChI is InChI=1S/C36H44O7.CH2O/c1-4-6-8-10-32(33-23-39-33)42-29-17-15-28(16-18-29)41-31-20-19-30(22-25(31)3)43-36(37)27-13-11-26(12-14-27)35(34-24-40-34)38-21-9-7-5-2;1-2/h11-20,22,32-35H,4-10,21,23-24H2,1-3H3;1H2. The average molecular weight is 619 g/mol. The van der Waals surface area contributed by atoms with Gasteiger partial charge in [0.1, 0.15) is 54.2 Å². The van der Waals surface area contributed by atoms with E-state index in [4.69, 9.17) is 33.2 Å². The molecule has 45 heavy (non-hydrogen) atoms. The van der Waals surface area contributed by atoms with Crippen molar-refractivity contribution in [2.75, 3.05) is 19.8 Å². The summed E-state index contributed by atoms with van der Waals surface area (Å²) in [6.07, 6.45) is 8.15. The first-order valence-electron chi connectivity index (χ1n) is 16.0. The second-order valence-electron chi connectivity index (χ2n) is 11.4. The van der Waals surface area contributed by atoms with Gasteiger partial charge >= 0.3 is 5.97 Å². The van der Waals surface area contributed by atoms with Crippen molar-refractivity contribution < 1.29 is 38.0 Å². The van der Waals surface area contributed by atoms with Crippen LogP contribution >= 0.6 is 0 Å². The van der Waals surface area contributed by atoms with Crippen molar-refractivity contribution in [1.29, 1.82) is 0 Å². The van der Waals surface area contributed by atoms with Crippen LogP contribution in [0, 0.1) is 6.92 Å². The molecule has 8 nitrogen and oxygen atoms in total.